The summed E-state index contributed by atoms with van der Waals surface area (Å²) in [7, 11) is 2.17. The molecule has 104 valence electrons. The minimum absolute atomic E-state index is 0.0171. The third-order valence-electron chi connectivity index (χ3n) is 4.24. The van der Waals surface area contributed by atoms with Gasteiger partial charge in [0, 0.05) is 19.1 Å². The number of hydrogen-bond acceptors (Lipinski definition) is 3. The molecule has 0 aromatic heterocycles. The fourth-order valence-electron chi connectivity index (χ4n) is 2.99. The summed E-state index contributed by atoms with van der Waals surface area (Å²) in [6.07, 6.45) is 5.95. The first-order chi connectivity index (χ1) is 8.66. The Morgan fingerprint density at radius 3 is 2.33 bits per heavy atom. The SMILES string of the molecule is CC(NC1CCN(C)CC1)C(=O)N1CCCCC1. The third-order valence-corrected chi connectivity index (χ3v) is 4.24. The maximum absolute atomic E-state index is 12.3. The highest BCUT2D eigenvalue weighted by molar-refractivity contribution is 5.81. The van der Waals surface area contributed by atoms with Crippen molar-refractivity contribution in [3.8, 4) is 0 Å². The second-order valence-electron chi connectivity index (χ2n) is 5.85. The highest BCUT2D eigenvalue weighted by atomic mass is 16.2. The molecule has 2 fully saturated rings. The molecule has 0 saturated carbocycles. The van der Waals surface area contributed by atoms with Crippen LogP contribution >= 0.6 is 0 Å². The van der Waals surface area contributed by atoms with E-state index in [0.717, 1.165) is 39.0 Å². The van der Waals surface area contributed by atoms with Crippen molar-refractivity contribution >= 4 is 5.91 Å². The molecule has 4 heteroatoms. The van der Waals surface area contributed by atoms with Crippen LogP contribution in [-0.2, 0) is 4.79 Å². The predicted molar refractivity (Wildman–Crippen MR) is 73.5 cm³/mol. The Bertz CT molecular complexity index is 268. The molecule has 1 atom stereocenters. The van der Waals surface area contributed by atoms with Crippen LogP contribution in [0.25, 0.3) is 0 Å². The van der Waals surface area contributed by atoms with E-state index in [1.165, 1.54) is 19.3 Å². The Hall–Kier alpha value is -0.610. The fraction of sp³-hybridized carbons (Fsp3) is 0.929. The Labute approximate surface area is 111 Å². The molecule has 2 aliphatic rings. The number of hydrogen-bond donors (Lipinski definition) is 1. The Kier molecular flexibility index (Phi) is 5.01. The lowest BCUT2D eigenvalue weighted by Crippen LogP contribution is -2.51. The molecular formula is C14H27N3O. The van der Waals surface area contributed by atoms with Gasteiger partial charge < -0.3 is 15.1 Å². The smallest absolute Gasteiger partial charge is 0.239 e. The van der Waals surface area contributed by atoms with Crippen molar-refractivity contribution in [2.75, 3.05) is 33.2 Å². The van der Waals surface area contributed by atoms with Gasteiger partial charge in [0.2, 0.25) is 5.91 Å². The van der Waals surface area contributed by atoms with Crippen LogP contribution in [0.15, 0.2) is 0 Å². The molecule has 2 saturated heterocycles. The van der Waals surface area contributed by atoms with E-state index in [1.807, 2.05) is 11.8 Å². The molecule has 0 aromatic carbocycles. The predicted octanol–water partition coefficient (Wildman–Crippen LogP) is 1.07. The second kappa shape index (κ2) is 6.53. The summed E-state index contributed by atoms with van der Waals surface area (Å²) in [4.78, 5) is 16.7. The van der Waals surface area contributed by atoms with E-state index < -0.39 is 0 Å². The Morgan fingerprint density at radius 1 is 1.11 bits per heavy atom. The monoisotopic (exact) mass is 253 g/mol. The summed E-state index contributed by atoms with van der Waals surface area (Å²) in [6, 6.07) is 0.501. The van der Waals surface area contributed by atoms with Gasteiger partial charge in [-0.25, -0.2) is 0 Å². The van der Waals surface area contributed by atoms with Crippen molar-refractivity contribution in [3.63, 3.8) is 0 Å². The van der Waals surface area contributed by atoms with Crippen molar-refractivity contribution in [1.82, 2.24) is 15.1 Å². The molecule has 0 spiro atoms. The van der Waals surface area contributed by atoms with E-state index in [2.05, 4.69) is 17.3 Å². The van der Waals surface area contributed by atoms with Crippen LogP contribution in [-0.4, -0.2) is 61.0 Å². The first-order valence-corrected chi connectivity index (χ1v) is 7.40. The number of nitrogens with zero attached hydrogens (tertiary/aromatic N) is 2. The lowest BCUT2D eigenvalue weighted by atomic mass is 10.0. The average molecular weight is 253 g/mol. The summed E-state index contributed by atoms with van der Waals surface area (Å²) in [5, 5.41) is 3.52. The van der Waals surface area contributed by atoms with E-state index in [-0.39, 0.29) is 6.04 Å². The molecule has 2 heterocycles. The number of rotatable bonds is 3. The van der Waals surface area contributed by atoms with Crippen molar-refractivity contribution in [3.05, 3.63) is 0 Å². The first kappa shape index (κ1) is 13.8. The molecule has 4 nitrogen and oxygen atoms in total. The highest BCUT2D eigenvalue weighted by Crippen LogP contribution is 2.12. The number of nitrogens with one attached hydrogen (secondary N) is 1. The number of carbonyl (C=O) groups excluding carboxylic acids is 1. The van der Waals surface area contributed by atoms with Gasteiger partial charge in [-0.15, -0.1) is 0 Å². The number of likely N-dealkylation sites (tertiary alicyclic amines) is 2. The van der Waals surface area contributed by atoms with Gasteiger partial charge in [0.25, 0.3) is 0 Å². The van der Waals surface area contributed by atoms with Crippen LogP contribution in [0.5, 0.6) is 0 Å². The van der Waals surface area contributed by atoms with Crippen molar-refractivity contribution in [2.24, 2.45) is 0 Å². The fourth-order valence-corrected chi connectivity index (χ4v) is 2.99. The highest BCUT2D eigenvalue weighted by Gasteiger charge is 2.25. The Morgan fingerprint density at radius 2 is 1.72 bits per heavy atom. The second-order valence-corrected chi connectivity index (χ2v) is 5.85. The lowest BCUT2D eigenvalue weighted by Gasteiger charge is -2.34. The van der Waals surface area contributed by atoms with E-state index in [1.54, 1.807) is 0 Å². The van der Waals surface area contributed by atoms with E-state index >= 15 is 0 Å². The largest absolute Gasteiger partial charge is 0.341 e. The van der Waals surface area contributed by atoms with Gasteiger partial charge in [0.15, 0.2) is 0 Å². The average Bonchev–Trinajstić information content (AvgIpc) is 2.41. The summed E-state index contributed by atoms with van der Waals surface area (Å²) in [6.45, 7) is 6.22. The maximum Gasteiger partial charge on any atom is 0.239 e. The van der Waals surface area contributed by atoms with Gasteiger partial charge in [-0.3, -0.25) is 4.79 Å². The lowest BCUT2D eigenvalue weighted by molar-refractivity contribution is -0.134. The molecular weight excluding hydrogens is 226 g/mol. The molecule has 2 aliphatic heterocycles. The van der Waals surface area contributed by atoms with E-state index in [0.29, 0.717) is 11.9 Å². The van der Waals surface area contributed by atoms with Gasteiger partial charge in [-0.2, -0.15) is 0 Å². The number of amides is 1. The quantitative estimate of drug-likeness (QED) is 0.817. The first-order valence-electron chi connectivity index (χ1n) is 7.40. The van der Waals surface area contributed by atoms with Gasteiger partial charge in [-0.1, -0.05) is 0 Å². The summed E-state index contributed by atoms with van der Waals surface area (Å²) in [5.41, 5.74) is 0. The number of piperidine rings is 2. The van der Waals surface area contributed by atoms with Crippen molar-refractivity contribution in [2.45, 2.75) is 51.1 Å². The molecule has 0 bridgehead atoms. The maximum atomic E-state index is 12.3. The topological polar surface area (TPSA) is 35.6 Å². The zero-order valence-corrected chi connectivity index (χ0v) is 11.8. The van der Waals surface area contributed by atoms with Crippen molar-refractivity contribution in [1.29, 1.82) is 0 Å². The molecule has 1 unspecified atom stereocenters. The standard InChI is InChI=1S/C14H27N3O/c1-12(14(18)17-8-4-3-5-9-17)15-13-6-10-16(2)11-7-13/h12-13,15H,3-11H2,1-2H3. The summed E-state index contributed by atoms with van der Waals surface area (Å²) < 4.78 is 0. The van der Waals surface area contributed by atoms with Crippen LogP contribution in [0.3, 0.4) is 0 Å². The zero-order valence-electron chi connectivity index (χ0n) is 11.8. The van der Waals surface area contributed by atoms with Gasteiger partial charge in [0.1, 0.15) is 0 Å². The van der Waals surface area contributed by atoms with E-state index in [9.17, 15) is 4.79 Å². The minimum atomic E-state index is -0.0171. The van der Waals surface area contributed by atoms with Crippen molar-refractivity contribution < 1.29 is 4.79 Å². The van der Waals surface area contributed by atoms with Crippen LogP contribution < -0.4 is 5.32 Å². The number of carbonyl (C=O) groups is 1. The normalized spacial score (nSPS) is 25.1. The van der Waals surface area contributed by atoms with E-state index in [4.69, 9.17) is 0 Å². The van der Waals surface area contributed by atoms with Crippen LogP contribution in [0.2, 0.25) is 0 Å². The van der Waals surface area contributed by atoms with Crippen LogP contribution in [0, 0.1) is 0 Å². The molecule has 0 radical (unpaired) electrons. The van der Waals surface area contributed by atoms with Gasteiger partial charge in [0.05, 0.1) is 6.04 Å². The minimum Gasteiger partial charge on any atom is -0.341 e. The van der Waals surface area contributed by atoms with Gasteiger partial charge in [-0.05, 0) is 59.2 Å². The molecule has 0 aliphatic carbocycles. The summed E-state index contributed by atoms with van der Waals surface area (Å²) in [5.74, 6) is 0.300. The molecule has 1 amide bonds. The van der Waals surface area contributed by atoms with Gasteiger partial charge >= 0.3 is 0 Å². The summed E-state index contributed by atoms with van der Waals surface area (Å²) >= 11 is 0. The third kappa shape index (κ3) is 3.69. The molecule has 18 heavy (non-hydrogen) atoms. The Balaban J connectivity index is 1.76. The molecule has 0 aromatic rings. The zero-order chi connectivity index (χ0) is 13.0. The van der Waals surface area contributed by atoms with Crippen LogP contribution in [0.4, 0.5) is 0 Å². The van der Waals surface area contributed by atoms with Crippen LogP contribution in [0.1, 0.15) is 39.0 Å². The molecule has 1 N–H and O–H groups in total. The molecule has 2 rings (SSSR count).